The van der Waals surface area contributed by atoms with Crippen molar-refractivity contribution in [2.75, 3.05) is 7.11 Å². The molecule has 0 bridgehead atoms. The van der Waals surface area contributed by atoms with Crippen molar-refractivity contribution >= 4 is 5.97 Å². The van der Waals surface area contributed by atoms with Gasteiger partial charge in [-0.15, -0.1) is 0 Å². The van der Waals surface area contributed by atoms with E-state index in [1.807, 2.05) is 0 Å². The Morgan fingerprint density at radius 3 is 2.67 bits per heavy atom. The molecule has 1 unspecified atom stereocenters. The highest BCUT2D eigenvalue weighted by Crippen LogP contribution is 1.89. The summed E-state index contributed by atoms with van der Waals surface area (Å²) in [5.74, 6) is -0.528. The van der Waals surface area contributed by atoms with Gasteiger partial charge in [0.05, 0.1) is 7.11 Å². The molecule has 0 fully saturated rings. The van der Waals surface area contributed by atoms with Crippen LogP contribution in [0.4, 0.5) is 4.39 Å². The molecule has 1 atom stereocenters. The molecule has 0 saturated heterocycles. The minimum atomic E-state index is -1.09. The highest BCUT2D eigenvalue weighted by atomic mass is 19.1. The molecule has 0 aromatic carbocycles. The van der Waals surface area contributed by atoms with Crippen LogP contribution in [0.2, 0.25) is 0 Å². The van der Waals surface area contributed by atoms with Crippen LogP contribution in [-0.4, -0.2) is 19.3 Å². The van der Waals surface area contributed by atoms with Gasteiger partial charge in [0, 0.05) is 6.08 Å². The molecule has 0 aliphatic heterocycles. The van der Waals surface area contributed by atoms with Gasteiger partial charge in [0.25, 0.3) is 0 Å². The first-order valence-corrected chi connectivity index (χ1v) is 2.57. The largest absolute Gasteiger partial charge is 0.466 e. The molecule has 0 aromatic rings. The number of esters is 1. The standard InChI is InChI=1S/C6H9FO2/c1-5(7)3-4-6(8)9-2/h3-5H,1-2H3/b4-3+. The van der Waals surface area contributed by atoms with Crippen LogP contribution in [0.1, 0.15) is 6.92 Å². The van der Waals surface area contributed by atoms with Gasteiger partial charge >= 0.3 is 5.97 Å². The first kappa shape index (κ1) is 8.14. The van der Waals surface area contributed by atoms with E-state index in [-0.39, 0.29) is 0 Å². The summed E-state index contributed by atoms with van der Waals surface area (Å²) in [4.78, 5) is 10.2. The van der Waals surface area contributed by atoms with Crippen molar-refractivity contribution in [3.8, 4) is 0 Å². The fraction of sp³-hybridized carbons (Fsp3) is 0.500. The van der Waals surface area contributed by atoms with Crippen molar-refractivity contribution in [3.63, 3.8) is 0 Å². The number of halogens is 1. The number of carbonyl (C=O) groups excluding carboxylic acids is 1. The molecule has 0 radical (unpaired) electrons. The van der Waals surface area contributed by atoms with Gasteiger partial charge in [-0.05, 0) is 13.0 Å². The van der Waals surface area contributed by atoms with Gasteiger partial charge in [-0.2, -0.15) is 0 Å². The number of hydrogen-bond donors (Lipinski definition) is 0. The molecular weight excluding hydrogens is 123 g/mol. The average Bonchev–Trinajstić information content (AvgIpc) is 1.83. The van der Waals surface area contributed by atoms with Crippen LogP contribution in [0.25, 0.3) is 0 Å². The van der Waals surface area contributed by atoms with E-state index >= 15 is 0 Å². The zero-order valence-corrected chi connectivity index (χ0v) is 5.43. The summed E-state index contributed by atoms with van der Waals surface area (Å²) < 4.78 is 16.1. The number of ether oxygens (including phenoxy) is 1. The maximum Gasteiger partial charge on any atom is 0.330 e. The normalized spacial score (nSPS) is 13.7. The van der Waals surface area contributed by atoms with E-state index in [4.69, 9.17) is 0 Å². The molecule has 0 N–H and O–H groups in total. The van der Waals surface area contributed by atoms with E-state index in [1.165, 1.54) is 14.0 Å². The van der Waals surface area contributed by atoms with Crippen LogP contribution in [0.3, 0.4) is 0 Å². The first-order chi connectivity index (χ1) is 4.16. The second-order valence-corrected chi connectivity index (χ2v) is 1.56. The van der Waals surface area contributed by atoms with Crippen molar-refractivity contribution in [1.29, 1.82) is 0 Å². The van der Waals surface area contributed by atoms with Crippen LogP contribution >= 0.6 is 0 Å². The van der Waals surface area contributed by atoms with Crippen LogP contribution < -0.4 is 0 Å². The Kier molecular flexibility index (Phi) is 3.67. The topological polar surface area (TPSA) is 26.3 Å². The number of allylic oxidation sites excluding steroid dienone is 1. The molecule has 0 saturated carbocycles. The zero-order chi connectivity index (χ0) is 7.28. The Labute approximate surface area is 53.3 Å². The van der Waals surface area contributed by atoms with E-state index in [0.29, 0.717) is 0 Å². The average molecular weight is 132 g/mol. The Hall–Kier alpha value is -0.860. The molecule has 3 heteroatoms. The second-order valence-electron chi connectivity index (χ2n) is 1.56. The van der Waals surface area contributed by atoms with Gasteiger partial charge in [0.2, 0.25) is 0 Å². The van der Waals surface area contributed by atoms with E-state index in [1.54, 1.807) is 0 Å². The zero-order valence-electron chi connectivity index (χ0n) is 5.43. The van der Waals surface area contributed by atoms with Gasteiger partial charge < -0.3 is 4.74 Å². The summed E-state index contributed by atoms with van der Waals surface area (Å²) >= 11 is 0. The summed E-state index contributed by atoms with van der Waals surface area (Å²) in [6.07, 6.45) is 1.10. The first-order valence-electron chi connectivity index (χ1n) is 2.57. The van der Waals surface area contributed by atoms with Gasteiger partial charge in [-0.1, -0.05) is 0 Å². The van der Waals surface area contributed by atoms with E-state index in [9.17, 15) is 9.18 Å². The van der Waals surface area contributed by atoms with E-state index in [2.05, 4.69) is 4.74 Å². The van der Waals surface area contributed by atoms with Gasteiger partial charge in [0.15, 0.2) is 0 Å². The summed E-state index contributed by atoms with van der Waals surface area (Å²) in [5, 5.41) is 0. The lowest BCUT2D eigenvalue weighted by atomic mass is 10.4. The highest BCUT2D eigenvalue weighted by Gasteiger charge is 1.92. The lowest BCUT2D eigenvalue weighted by molar-refractivity contribution is -0.134. The van der Waals surface area contributed by atoms with Crippen molar-refractivity contribution < 1.29 is 13.9 Å². The van der Waals surface area contributed by atoms with Crippen LogP contribution in [-0.2, 0) is 9.53 Å². The maximum absolute atomic E-state index is 11.9. The van der Waals surface area contributed by atoms with Crippen LogP contribution in [0.15, 0.2) is 12.2 Å². The number of alkyl halides is 1. The van der Waals surface area contributed by atoms with E-state index in [0.717, 1.165) is 12.2 Å². The molecule has 0 amide bonds. The molecule has 0 aliphatic carbocycles. The summed E-state index contributed by atoms with van der Waals surface area (Å²) in [7, 11) is 1.25. The van der Waals surface area contributed by atoms with Crippen molar-refractivity contribution in [2.45, 2.75) is 13.1 Å². The summed E-state index contributed by atoms with van der Waals surface area (Å²) in [5.41, 5.74) is 0. The van der Waals surface area contributed by atoms with Crippen LogP contribution in [0.5, 0.6) is 0 Å². The fourth-order valence-corrected chi connectivity index (χ4v) is 0.279. The lowest BCUT2D eigenvalue weighted by Crippen LogP contribution is -1.95. The quantitative estimate of drug-likeness (QED) is 0.415. The highest BCUT2D eigenvalue weighted by molar-refractivity contribution is 5.81. The molecule has 52 valence electrons. The Balaban J connectivity index is 3.57. The summed E-state index contributed by atoms with van der Waals surface area (Å²) in [6.45, 7) is 1.33. The Bertz CT molecular complexity index is 118. The Morgan fingerprint density at radius 2 is 2.33 bits per heavy atom. The predicted octanol–water partition coefficient (Wildman–Crippen LogP) is 1.07. The monoisotopic (exact) mass is 132 g/mol. The molecule has 0 rings (SSSR count). The molecule has 0 aromatic heterocycles. The summed E-state index contributed by atoms with van der Waals surface area (Å²) in [6, 6.07) is 0. The number of carbonyl (C=O) groups is 1. The predicted molar refractivity (Wildman–Crippen MR) is 31.7 cm³/mol. The second kappa shape index (κ2) is 4.06. The molecule has 0 aliphatic rings. The SMILES string of the molecule is COC(=O)/C=C/C(C)F. The third kappa shape index (κ3) is 5.00. The smallest absolute Gasteiger partial charge is 0.330 e. The van der Waals surface area contributed by atoms with Gasteiger partial charge in [0.1, 0.15) is 6.17 Å². The number of hydrogen-bond acceptors (Lipinski definition) is 2. The van der Waals surface area contributed by atoms with Crippen molar-refractivity contribution in [1.82, 2.24) is 0 Å². The maximum atomic E-state index is 11.9. The fourth-order valence-electron chi connectivity index (χ4n) is 0.279. The lowest BCUT2D eigenvalue weighted by Gasteiger charge is -1.89. The Morgan fingerprint density at radius 1 is 1.78 bits per heavy atom. The number of rotatable bonds is 2. The van der Waals surface area contributed by atoms with E-state index < -0.39 is 12.1 Å². The van der Waals surface area contributed by atoms with Crippen LogP contribution in [0, 0.1) is 0 Å². The third-order valence-electron chi connectivity index (χ3n) is 0.699. The number of methoxy groups -OCH3 is 1. The molecule has 9 heavy (non-hydrogen) atoms. The van der Waals surface area contributed by atoms with Gasteiger partial charge in [-0.25, -0.2) is 9.18 Å². The molecule has 2 nitrogen and oxygen atoms in total. The molecule has 0 spiro atoms. The third-order valence-corrected chi connectivity index (χ3v) is 0.699. The molecule has 0 heterocycles. The van der Waals surface area contributed by atoms with Crippen molar-refractivity contribution in [3.05, 3.63) is 12.2 Å². The minimum absolute atomic E-state index is 0.528. The van der Waals surface area contributed by atoms with Gasteiger partial charge in [-0.3, -0.25) is 0 Å². The van der Waals surface area contributed by atoms with Crippen molar-refractivity contribution in [2.24, 2.45) is 0 Å². The minimum Gasteiger partial charge on any atom is -0.466 e. The molecular formula is C6H9FO2.